The van der Waals surface area contributed by atoms with E-state index in [-0.39, 0.29) is 0 Å². The molecule has 4 nitrogen and oxygen atoms in total. The molecule has 0 saturated heterocycles. The van der Waals surface area contributed by atoms with E-state index in [1.54, 1.807) is 0 Å². The van der Waals surface area contributed by atoms with Gasteiger partial charge in [-0.05, 0) is 37.0 Å². The fourth-order valence-electron chi connectivity index (χ4n) is 2.85. The van der Waals surface area contributed by atoms with Crippen molar-refractivity contribution in [1.29, 1.82) is 0 Å². The molecule has 2 aromatic carbocycles. The summed E-state index contributed by atoms with van der Waals surface area (Å²) in [6.45, 7) is 9.19. The highest BCUT2D eigenvalue weighted by molar-refractivity contribution is 5.60. The highest BCUT2D eigenvalue weighted by Crippen LogP contribution is 2.26. The van der Waals surface area contributed by atoms with Gasteiger partial charge in [-0.15, -0.1) is 0 Å². The normalized spacial score (nSPS) is 10.8. The predicted molar refractivity (Wildman–Crippen MR) is 109 cm³/mol. The molecule has 0 aliphatic heterocycles. The van der Waals surface area contributed by atoms with Crippen LogP contribution in [0.5, 0.6) is 0 Å². The molecular weight excluding hydrogens is 320 g/mol. The molecule has 0 atom stereocenters. The van der Waals surface area contributed by atoms with Crippen LogP contribution in [0.4, 0.5) is 17.5 Å². The smallest absolute Gasteiger partial charge is 0.229 e. The standard InChI is InChI=1S/C22H26N4/c1-15(2)19-7-5-6-8-20(19)25-22-24-17(4)13-21(26-22)23-14-18-11-9-16(3)10-12-18/h5-13,15H,14H2,1-4H3,(H2,23,24,25,26). The summed E-state index contributed by atoms with van der Waals surface area (Å²) < 4.78 is 0. The summed E-state index contributed by atoms with van der Waals surface area (Å²) in [5.41, 5.74) is 5.73. The first-order valence-electron chi connectivity index (χ1n) is 9.02. The van der Waals surface area contributed by atoms with Gasteiger partial charge < -0.3 is 10.6 Å². The molecule has 0 aliphatic rings. The van der Waals surface area contributed by atoms with Gasteiger partial charge in [0, 0.05) is 24.0 Å². The molecule has 1 heterocycles. The van der Waals surface area contributed by atoms with E-state index < -0.39 is 0 Å². The molecule has 0 radical (unpaired) electrons. The highest BCUT2D eigenvalue weighted by Gasteiger charge is 2.08. The van der Waals surface area contributed by atoms with Crippen molar-refractivity contribution in [2.24, 2.45) is 0 Å². The first kappa shape index (κ1) is 17.9. The third-order valence-electron chi connectivity index (χ3n) is 4.28. The highest BCUT2D eigenvalue weighted by atomic mass is 15.1. The number of aromatic nitrogens is 2. The maximum absolute atomic E-state index is 4.63. The van der Waals surface area contributed by atoms with Gasteiger partial charge in [0.25, 0.3) is 0 Å². The van der Waals surface area contributed by atoms with Gasteiger partial charge in [0.2, 0.25) is 5.95 Å². The Morgan fingerprint density at radius 3 is 2.38 bits per heavy atom. The molecule has 26 heavy (non-hydrogen) atoms. The molecule has 0 fully saturated rings. The van der Waals surface area contributed by atoms with Gasteiger partial charge in [-0.3, -0.25) is 0 Å². The summed E-state index contributed by atoms with van der Waals surface area (Å²) in [4.78, 5) is 9.16. The van der Waals surface area contributed by atoms with Gasteiger partial charge >= 0.3 is 0 Å². The third-order valence-corrected chi connectivity index (χ3v) is 4.28. The second-order valence-corrected chi connectivity index (χ2v) is 6.92. The molecule has 3 aromatic rings. The lowest BCUT2D eigenvalue weighted by atomic mass is 10.0. The molecule has 0 unspecified atom stereocenters. The largest absolute Gasteiger partial charge is 0.366 e. The van der Waals surface area contributed by atoms with Crippen molar-refractivity contribution >= 4 is 17.5 Å². The van der Waals surface area contributed by atoms with Crippen LogP contribution in [0.3, 0.4) is 0 Å². The quantitative estimate of drug-likeness (QED) is 0.612. The lowest BCUT2D eigenvalue weighted by Crippen LogP contribution is -2.06. The van der Waals surface area contributed by atoms with Crippen molar-refractivity contribution in [3.63, 3.8) is 0 Å². The van der Waals surface area contributed by atoms with E-state index >= 15 is 0 Å². The Kier molecular flexibility index (Phi) is 5.52. The molecule has 4 heteroatoms. The molecule has 0 amide bonds. The number of benzene rings is 2. The topological polar surface area (TPSA) is 49.8 Å². The number of hydrogen-bond donors (Lipinski definition) is 2. The summed E-state index contributed by atoms with van der Waals surface area (Å²) in [6, 6.07) is 18.8. The number of nitrogens with one attached hydrogen (secondary N) is 2. The number of anilines is 3. The van der Waals surface area contributed by atoms with E-state index in [0.29, 0.717) is 11.9 Å². The van der Waals surface area contributed by atoms with Crippen LogP contribution in [0.25, 0.3) is 0 Å². The minimum absolute atomic E-state index is 0.433. The molecule has 134 valence electrons. The molecule has 0 spiro atoms. The van der Waals surface area contributed by atoms with Crippen molar-refractivity contribution in [3.05, 3.63) is 77.0 Å². The minimum Gasteiger partial charge on any atom is -0.366 e. The Morgan fingerprint density at radius 2 is 1.65 bits per heavy atom. The predicted octanol–water partition coefficient (Wildman–Crippen LogP) is 5.57. The van der Waals surface area contributed by atoms with E-state index in [1.165, 1.54) is 16.7 Å². The maximum atomic E-state index is 4.63. The first-order chi connectivity index (χ1) is 12.5. The summed E-state index contributed by atoms with van der Waals surface area (Å²) in [5, 5.41) is 6.77. The van der Waals surface area contributed by atoms with E-state index in [9.17, 15) is 0 Å². The molecule has 3 rings (SSSR count). The Labute approximate surface area is 155 Å². The lowest BCUT2D eigenvalue weighted by Gasteiger charge is -2.15. The fourth-order valence-corrected chi connectivity index (χ4v) is 2.85. The van der Waals surface area contributed by atoms with Crippen LogP contribution in [-0.2, 0) is 6.54 Å². The van der Waals surface area contributed by atoms with Gasteiger partial charge in [0.05, 0.1) is 0 Å². The monoisotopic (exact) mass is 346 g/mol. The van der Waals surface area contributed by atoms with E-state index in [2.05, 4.69) is 83.8 Å². The summed E-state index contributed by atoms with van der Waals surface area (Å²) in [6.07, 6.45) is 0. The number of hydrogen-bond acceptors (Lipinski definition) is 4. The van der Waals surface area contributed by atoms with Crippen molar-refractivity contribution in [1.82, 2.24) is 9.97 Å². The number of para-hydroxylation sites is 1. The second kappa shape index (κ2) is 8.00. The van der Waals surface area contributed by atoms with Gasteiger partial charge in [0.15, 0.2) is 0 Å². The van der Waals surface area contributed by atoms with Crippen molar-refractivity contribution in [2.45, 2.75) is 40.2 Å². The number of aryl methyl sites for hydroxylation is 2. The molecule has 2 N–H and O–H groups in total. The van der Waals surface area contributed by atoms with Gasteiger partial charge in [-0.25, -0.2) is 4.98 Å². The number of rotatable bonds is 6. The summed E-state index contributed by atoms with van der Waals surface area (Å²) in [7, 11) is 0. The SMILES string of the molecule is Cc1ccc(CNc2cc(C)nc(Nc3ccccc3C(C)C)n2)cc1. The van der Waals surface area contributed by atoms with Gasteiger partial charge in [-0.1, -0.05) is 61.9 Å². The molecule has 1 aromatic heterocycles. The molecule has 0 bridgehead atoms. The zero-order valence-electron chi connectivity index (χ0n) is 15.9. The summed E-state index contributed by atoms with van der Waals surface area (Å²) >= 11 is 0. The molecule has 0 saturated carbocycles. The van der Waals surface area contributed by atoms with E-state index in [1.807, 2.05) is 19.1 Å². The van der Waals surface area contributed by atoms with Crippen molar-refractivity contribution in [2.75, 3.05) is 10.6 Å². The van der Waals surface area contributed by atoms with Crippen LogP contribution in [0.2, 0.25) is 0 Å². The van der Waals surface area contributed by atoms with Crippen LogP contribution in [0.15, 0.2) is 54.6 Å². The average Bonchev–Trinajstić information content (AvgIpc) is 2.61. The Hall–Kier alpha value is -2.88. The minimum atomic E-state index is 0.433. The Morgan fingerprint density at radius 1 is 0.923 bits per heavy atom. The van der Waals surface area contributed by atoms with Crippen LogP contribution in [0, 0.1) is 13.8 Å². The summed E-state index contributed by atoms with van der Waals surface area (Å²) in [5.74, 6) is 1.87. The first-order valence-corrected chi connectivity index (χ1v) is 9.02. The average molecular weight is 346 g/mol. The van der Waals surface area contributed by atoms with E-state index in [4.69, 9.17) is 0 Å². The van der Waals surface area contributed by atoms with Gasteiger partial charge in [0.1, 0.15) is 5.82 Å². The molecular formula is C22H26N4. The van der Waals surface area contributed by atoms with Crippen LogP contribution < -0.4 is 10.6 Å². The fraction of sp³-hybridized carbons (Fsp3) is 0.273. The van der Waals surface area contributed by atoms with E-state index in [0.717, 1.165) is 23.7 Å². The number of nitrogens with zero attached hydrogens (tertiary/aromatic N) is 2. The zero-order chi connectivity index (χ0) is 18.5. The Bertz CT molecular complexity index is 870. The third kappa shape index (κ3) is 4.60. The maximum Gasteiger partial charge on any atom is 0.229 e. The second-order valence-electron chi connectivity index (χ2n) is 6.92. The van der Waals surface area contributed by atoms with Crippen molar-refractivity contribution < 1.29 is 0 Å². The van der Waals surface area contributed by atoms with Crippen LogP contribution in [0.1, 0.15) is 42.1 Å². The zero-order valence-corrected chi connectivity index (χ0v) is 15.9. The molecule has 0 aliphatic carbocycles. The lowest BCUT2D eigenvalue weighted by molar-refractivity contribution is 0.868. The van der Waals surface area contributed by atoms with Gasteiger partial charge in [-0.2, -0.15) is 4.98 Å². The van der Waals surface area contributed by atoms with Crippen LogP contribution >= 0.6 is 0 Å². The van der Waals surface area contributed by atoms with Crippen LogP contribution in [-0.4, -0.2) is 9.97 Å². The Balaban J connectivity index is 1.76. The van der Waals surface area contributed by atoms with Crippen molar-refractivity contribution in [3.8, 4) is 0 Å².